The van der Waals surface area contributed by atoms with Gasteiger partial charge in [-0.2, -0.15) is 0 Å². The molecule has 1 aromatic rings. The number of carbonyl (C=O) groups excluding carboxylic acids is 1. The fourth-order valence-electron chi connectivity index (χ4n) is 3.75. The van der Waals surface area contributed by atoms with Gasteiger partial charge in [-0.05, 0) is 37.4 Å². The van der Waals surface area contributed by atoms with Crippen molar-refractivity contribution in [3.63, 3.8) is 0 Å². The van der Waals surface area contributed by atoms with E-state index < -0.39 is 12.0 Å². The quantitative estimate of drug-likeness (QED) is 0.868. The summed E-state index contributed by atoms with van der Waals surface area (Å²) in [5, 5.41) is 9.23. The third-order valence-electron chi connectivity index (χ3n) is 5.37. The molecule has 0 radical (unpaired) electrons. The summed E-state index contributed by atoms with van der Waals surface area (Å²) >= 11 is 0. The Balaban J connectivity index is 1.48. The van der Waals surface area contributed by atoms with E-state index in [1.54, 1.807) is 0 Å². The summed E-state index contributed by atoms with van der Waals surface area (Å²) < 4.78 is 0. The molecule has 2 heterocycles. The molecule has 0 aliphatic carbocycles. The first-order valence-electron chi connectivity index (χ1n) is 9.06. The molecule has 6 heteroatoms. The smallest absolute Gasteiger partial charge is 0.320 e. The van der Waals surface area contributed by atoms with Crippen LogP contribution < -0.4 is 0 Å². The number of benzene rings is 1. The molecule has 2 aliphatic rings. The molecule has 2 saturated heterocycles. The Morgan fingerprint density at radius 2 is 1.84 bits per heavy atom. The van der Waals surface area contributed by atoms with Crippen molar-refractivity contribution in [2.75, 3.05) is 39.3 Å². The standard InChI is InChI=1S/C19H27N3O3/c1-15-5-2-3-6-16(15)13-20-9-11-21(12-10-20)18(23)14-22-8-4-7-17(22)19(24)25/h2-3,5-6,17H,4,7-14H2,1H3,(H,24,25)/t17-/m0/s1. The number of aryl methyl sites for hydroxylation is 1. The van der Waals surface area contributed by atoms with E-state index in [0.717, 1.165) is 39.1 Å². The normalized spacial score (nSPS) is 22.3. The maximum Gasteiger partial charge on any atom is 0.320 e. The van der Waals surface area contributed by atoms with E-state index in [-0.39, 0.29) is 12.5 Å². The first kappa shape index (κ1) is 17.9. The molecule has 1 N–H and O–H groups in total. The van der Waals surface area contributed by atoms with Crippen LogP contribution in [-0.2, 0) is 16.1 Å². The molecule has 0 bridgehead atoms. The van der Waals surface area contributed by atoms with Gasteiger partial charge in [-0.1, -0.05) is 24.3 Å². The number of rotatable bonds is 5. The molecule has 0 spiro atoms. The number of nitrogens with zero attached hydrogens (tertiary/aromatic N) is 3. The van der Waals surface area contributed by atoms with Crippen LogP contribution in [0.3, 0.4) is 0 Å². The maximum atomic E-state index is 12.5. The van der Waals surface area contributed by atoms with Crippen LogP contribution in [0, 0.1) is 6.92 Å². The van der Waals surface area contributed by atoms with Crippen molar-refractivity contribution in [1.82, 2.24) is 14.7 Å². The van der Waals surface area contributed by atoms with Crippen molar-refractivity contribution >= 4 is 11.9 Å². The van der Waals surface area contributed by atoms with Crippen molar-refractivity contribution in [3.05, 3.63) is 35.4 Å². The van der Waals surface area contributed by atoms with Crippen molar-refractivity contribution in [1.29, 1.82) is 0 Å². The molecule has 1 aromatic carbocycles. The molecule has 3 rings (SSSR count). The van der Waals surface area contributed by atoms with Crippen LogP contribution in [0.1, 0.15) is 24.0 Å². The molecule has 6 nitrogen and oxygen atoms in total. The highest BCUT2D eigenvalue weighted by Crippen LogP contribution is 2.18. The lowest BCUT2D eigenvalue weighted by Gasteiger charge is -2.36. The Bertz CT molecular complexity index is 626. The Morgan fingerprint density at radius 1 is 1.12 bits per heavy atom. The van der Waals surface area contributed by atoms with Gasteiger partial charge in [0.15, 0.2) is 0 Å². The number of piperazine rings is 1. The lowest BCUT2D eigenvalue weighted by molar-refractivity contribution is -0.143. The average molecular weight is 345 g/mol. The van der Waals surface area contributed by atoms with Crippen LogP contribution in [-0.4, -0.2) is 77.0 Å². The van der Waals surface area contributed by atoms with Crippen LogP contribution in [0.4, 0.5) is 0 Å². The van der Waals surface area contributed by atoms with E-state index >= 15 is 0 Å². The summed E-state index contributed by atoms with van der Waals surface area (Å²) in [4.78, 5) is 29.8. The number of carbonyl (C=O) groups is 2. The highest BCUT2D eigenvalue weighted by Gasteiger charge is 2.33. The Morgan fingerprint density at radius 3 is 2.52 bits per heavy atom. The van der Waals surface area contributed by atoms with Gasteiger partial charge < -0.3 is 10.0 Å². The van der Waals surface area contributed by atoms with Crippen molar-refractivity contribution in [2.45, 2.75) is 32.4 Å². The summed E-state index contributed by atoms with van der Waals surface area (Å²) in [6.07, 6.45) is 1.50. The zero-order valence-electron chi connectivity index (χ0n) is 14.9. The first-order valence-corrected chi connectivity index (χ1v) is 9.06. The molecular formula is C19H27N3O3. The SMILES string of the molecule is Cc1ccccc1CN1CCN(C(=O)CN2CCC[C@H]2C(=O)O)CC1. The number of hydrogen-bond donors (Lipinski definition) is 1. The van der Waals surface area contributed by atoms with E-state index in [2.05, 4.69) is 36.1 Å². The number of hydrogen-bond acceptors (Lipinski definition) is 4. The van der Waals surface area contributed by atoms with E-state index in [4.69, 9.17) is 0 Å². The summed E-state index contributed by atoms with van der Waals surface area (Å²) in [5.41, 5.74) is 2.64. The summed E-state index contributed by atoms with van der Waals surface area (Å²) in [5.74, 6) is -0.753. The van der Waals surface area contributed by atoms with Gasteiger partial charge in [-0.25, -0.2) is 0 Å². The minimum atomic E-state index is -0.812. The molecule has 1 atom stereocenters. The number of amides is 1. The summed E-state index contributed by atoms with van der Waals surface area (Å²) in [6.45, 7) is 7.15. The summed E-state index contributed by atoms with van der Waals surface area (Å²) in [7, 11) is 0. The van der Waals surface area contributed by atoms with Crippen LogP contribution in [0.2, 0.25) is 0 Å². The second kappa shape index (κ2) is 7.97. The van der Waals surface area contributed by atoms with Gasteiger partial charge in [-0.3, -0.25) is 19.4 Å². The average Bonchev–Trinajstić information content (AvgIpc) is 3.06. The molecule has 25 heavy (non-hydrogen) atoms. The Labute approximate surface area is 149 Å². The lowest BCUT2D eigenvalue weighted by Crippen LogP contribution is -2.51. The number of carboxylic acid groups (broad SMARTS) is 1. The molecule has 0 aromatic heterocycles. The third-order valence-corrected chi connectivity index (χ3v) is 5.37. The van der Waals surface area contributed by atoms with Crippen LogP contribution in [0.25, 0.3) is 0 Å². The number of likely N-dealkylation sites (tertiary alicyclic amines) is 1. The van der Waals surface area contributed by atoms with Crippen molar-refractivity contribution in [3.8, 4) is 0 Å². The zero-order valence-corrected chi connectivity index (χ0v) is 14.9. The molecular weight excluding hydrogens is 318 g/mol. The minimum absolute atomic E-state index is 0.0590. The van der Waals surface area contributed by atoms with E-state index in [1.807, 2.05) is 9.80 Å². The molecule has 136 valence electrons. The molecule has 0 saturated carbocycles. The van der Waals surface area contributed by atoms with Gasteiger partial charge in [-0.15, -0.1) is 0 Å². The predicted octanol–water partition coefficient (Wildman–Crippen LogP) is 1.19. The van der Waals surface area contributed by atoms with Crippen LogP contribution in [0.15, 0.2) is 24.3 Å². The van der Waals surface area contributed by atoms with Gasteiger partial charge in [0.2, 0.25) is 5.91 Å². The van der Waals surface area contributed by atoms with Crippen molar-refractivity contribution < 1.29 is 14.7 Å². The highest BCUT2D eigenvalue weighted by molar-refractivity contribution is 5.80. The summed E-state index contributed by atoms with van der Waals surface area (Å²) in [6, 6.07) is 7.91. The van der Waals surface area contributed by atoms with E-state index in [1.165, 1.54) is 11.1 Å². The Hall–Kier alpha value is -1.92. The molecule has 0 unspecified atom stereocenters. The van der Waals surface area contributed by atoms with Crippen LogP contribution >= 0.6 is 0 Å². The fraction of sp³-hybridized carbons (Fsp3) is 0.579. The van der Waals surface area contributed by atoms with Gasteiger partial charge in [0.05, 0.1) is 6.54 Å². The maximum absolute atomic E-state index is 12.5. The fourth-order valence-corrected chi connectivity index (χ4v) is 3.75. The third kappa shape index (κ3) is 4.38. The Kier molecular flexibility index (Phi) is 5.71. The monoisotopic (exact) mass is 345 g/mol. The van der Waals surface area contributed by atoms with Gasteiger partial charge >= 0.3 is 5.97 Å². The number of aliphatic carboxylic acids is 1. The van der Waals surface area contributed by atoms with Crippen LogP contribution in [0.5, 0.6) is 0 Å². The second-order valence-electron chi connectivity index (χ2n) is 7.05. The highest BCUT2D eigenvalue weighted by atomic mass is 16.4. The second-order valence-corrected chi connectivity index (χ2v) is 7.05. The van der Waals surface area contributed by atoms with E-state index in [9.17, 15) is 14.7 Å². The predicted molar refractivity (Wildman–Crippen MR) is 95.3 cm³/mol. The van der Waals surface area contributed by atoms with E-state index in [0.29, 0.717) is 13.0 Å². The topological polar surface area (TPSA) is 64.1 Å². The molecule has 1 amide bonds. The van der Waals surface area contributed by atoms with Gasteiger partial charge in [0, 0.05) is 32.7 Å². The van der Waals surface area contributed by atoms with Crippen molar-refractivity contribution in [2.24, 2.45) is 0 Å². The molecule has 2 fully saturated rings. The molecule has 2 aliphatic heterocycles. The minimum Gasteiger partial charge on any atom is -0.480 e. The van der Waals surface area contributed by atoms with Gasteiger partial charge in [0.25, 0.3) is 0 Å². The first-order chi connectivity index (χ1) is 12.0. The largest absolute Gasteiger partial charge is 0.480 e. The zero-order chi connectivity index (χ0) is 17.8. The lowest BCUT2D eigenvalue weighted by atomic mass is 10.1. The number of carboxylic acids is 1. The van der Waals surface area contributed by atoms with Gasteiger partial charge in [0.1, 0.15) is 6.04 Å².